The fraction of sp³-hybridized carbons (Fsp3) is 0.0833. The van der Waals surface area contributed by atoms with Crippen LogP contribution in [0.25, 0.3) is 0 Å². The van der Waals surface area contributed by atoms with Crippen molar-refractivity contribution in [2.75, 3.05) is 5.32 Å². The van der Waals surface area contributed by atoms with Crippen molar-refractivity contribution in [1.29, 1.82) is 0 Å². The van der Waals surface area contributed by atoms with Gasteiger partial charge in [0, 0.05) is 16.8 Å². The molecule has 4 rings (SSSR count). The Morgan fingerprint density at radius 3 is 2.52 bits per heavy atom. The van der Waals surface area contributed by atoms with E-state index >= 15 is 0 Å². The maximum atomic E-state index is 13.0. The van der Waals surface area contributed by atoms with E-state index in [4.69, 9.17) is 16.3 Å². The van der Waals surface area contributed by atoms with Gasteiger partial charge in [0.2, 0.25) is 0 Å². The van der Waals surface area contributed by atoms with Gasteiger partial charge in [-0.15, -0.1) is 0 Å². The van der Waals surface area contributed by atoms with E-state index in [1.54, 1.807) is 53.5 Å². The monoisotopic (exact) mass is 435 g/mol. The molecule has 0 spiro atoms. The van der Waals surface area contributed by atoms with Crippen LogP contribution in [0.15, 0.2) is 85.2 Å². The third kappa shape index (κ3) is 5.71. The van der Waals surface area contributed by atoms with Crippen molar-refractivity contribution < 1.29 is 13.9 Å². The number of carbonyl (C=O) groups excluding carboxylic acids is 1. The molecule has 1 amide bonds. The summed E-state index contributed by atoms with van der Waals surface area (Å²) in [5, 5.41) is 7.68. The summed E-state index contributed by atoms with van der Waals surface area (Å²) < 4.78 is 20.4. The first-order valence-electron chi connectivity index (χ1n) is 9.61. The van der Waals surface area contributed by atoms with Gasteiger partial charge in [0.15, 0.2) is 0 Å². The van der Waals surface area contributed by atoms with Gasteiger partial charge < -0.3 is 10.1 Å². The van der Waals surface area contributed by atoms with E-state index < -0.39 is 0 Å². The number of nitrogens with zero attached hydrogens (tertiary/aromatic N) is 2. The first-order valence-corrected chi connectivity index (χ1v) is 9.98. The van der Waals surface area contributed by atoms with Crippen LogP contribution in [0.3, 0.4) is 0 Å². The molecule has 1 N–H and O–H groups in total. The van der Waals surface area contributed by atoms with Crippen LogP contribution in [0.4, 0.5) is 10.1 Å². The molecule has 1 heterocycles. The summed E-state index contributed by atoms with van der Waals surface area (Å²) in [6.45, 7) is 0.857. The molecule has 3 aromatic carbocycles. The summed E-state index contributed by atoms with van der Waals surface area (Å²) in [6, 6.07) is 20.6. The standard InChI is InChI=1S/C24H19ClFN3O2/c25-20-2-1-3-23(12-20)31-16-18-4-8-19(9-5-18)24(30)28-22-13-27-29(15-22)14-17-6-10-21(26)11-7-17/h1-13,15H,14,16H2,(H,28,30). The minimum absolute atomic E-state index is 0.233. The Bertz CT molecular complexity index is 1170. The van der Waals surface area contributed by atoms with Gasteiger partial charge in [-0.25, -0.2) is 4.39 Å². The SMILES string of the molecule is O=C(Nc1cnn(Cc2ccc(F)cc2)c1)c1ccc(COc2cccc(Cl)c2)cc1. The number of ether oxygens (including phenoxy) is 1. The second-order valence-corrected chi connectivity index (χ2v) is 7.39. The van der Waals surface area contributed by atoms with Gasteiger partial charge in [0.25, 0.3) is 5.91 Å². The molecule has 1 aromatic heterocycles. The van der Waals surface area contributed by atoms with Crippen molar-refractivity contribution in [2.24, 2.45) is 0 Å². The highest BCUT2D eigenvalue weighted by Gasteiger charge is 2.08. The maximum Gasteiger partial charge on any atom is 0.255 e. The molecule has 0 unspecified atom stereocenters. The average Bonchev–Trinajstić information content (AvgIpc) is 3.21. The zero-order valence-corrected chi connectivity index (χ0v) is 17.2. The van der Waals surface area contributed by atoms with E-state index in [0.29, 0.717) is 35.2 Å². The summed E-state index contributed by atoms with van der Waals surface area (Å²) in [4.78, 5) is 12.5. The van der Waals surface area contributed by atoms with E-state index in [2.05, 4.69) is 10.4 Å². The van der Waals surface area contributed by atoms with Gasteiger partial charge in [-0.1, -0.05) is 41.9 Å². The van der Waals surface area contributed by atoms with Crippen LogP contribution < -0.4 is 10.1 Å². The lowest BCUT2D eigenvalue weighted by atomic mass is 10.1. The van der Waals surface area contributed by atoms with Crippen LogP contribution >= 0.6 is 11.6 Å². The largest absolute Gasteiger partial charge is 0.489 e. The molecule has 0 aliphatic carbocycles. The van der Waals surface area contributed by atoms with Crippen LogP contribution in [0.1, 0.15) is 21.5 Å². The molecule has 0 saturated carbocycles. The van der Waals surface area contributed by atoms with Crippen molar-refractivity contribution in [3.63, 3.8) is 0 Å². The highest BCUT2D eigenvalue weighted by molar-refractivity contribution is 6.30. The summed E-state index contributed by atoms with van der Waals surface area (Å²) in [7, 11) is 0. The summed E-state index contributed by atoms with van der Waals surface area (Å²) >= 11 is 5.95. The molecule has 0 aliphatic rings. The normalized spacial score (nSPS) is 10.6. The second-order valence-electron chi connectivity index (χ2n) is 6.95. The van der Waals surface area contributed by atoms with Crippen LogP contribution in [0.5, 0.6) is 5.75 Å². The number of carbonyl (C=O) groups is 1. The van der Waals surface area contributed by atoms with Crippen molar-refractivity contribution in [3.05, 3.63) is 113 Å². The molecule has 0 fully saturated rings. The quantitative estimate of drug-likeness (QED) is 0.413. The third-order valence-corrected chi connectivity index (χ3v) is 4.80. The van der Waals surface area contributed by atoms with Gasteiger partial charge in [-0.05, 0) is 53.6 Å². The van der Waals surface area contributed by atoms with E-state index in [1.165, 1.54) is 12.1 Å². The van der Waals surface area contributed by atoms with Gasteiger partial charge >= 0.3 is 0 Å². The van der Waals surface area contributed by atoms with Crippen LogP contribution in [-0.4, -0.2) is 15.7 Å². The first-order chi connectivity index (χ1) is 15.0. The molecule has 5 nitrogen and oxygen atoms in total. The Labute approximate surface area is 184 Å². The number of hydrogen-bond acceptors (Lipinski definition) is 3. The van der Waals surface area contributed by atoms with E-state index in [9.17, 15) is 9.18 Å². The lowest BCUT2D eigenvalue weighted by Crippen LogP contribution is -2.11. The first kappa shape index (κ1) is 20.6. The van der Waals surface area contributed by atoms with Crippen molar-refractivity contribution in [2.45, 2.75) is 13.2 Å². The van der Waals surface area contributed by atoms with Crippen LogP contribution in [0.2, 0.25) is 5.02 Å². The number of nitrogens with one attached hydrogen (secondary N) is 1. The Hall–Kier alpha value is -3.64. The fourth-order valence-corrected chi connectivity index (χ4v) is 3.15. The number of halogens is 2. The summed E-state index contributed by atoms with van der Waals surface area (Å²) in [5.41, 5.74) is 2.96. The summed E-state index contributed by atoms with van der Waals surface area (Å²) in [5.74, 6) is 0.176. The van der Waals surface area contributed by atoms with Gasteiger partial charge in [-0.3, -0.25) is 9.48 Å². The zero-order chi connectivity index (χ0) is 21.6. The van der Waals surface area contributed by atoms with Crippen molar-refractivity contribution in [1.82, 2.24) is 9.78 Å². The predicted octanol–water partition coefficient (Wildman–Crippen LogP) is 5.56. The Kier molecular flexibility index (Phi) is 6.29. The van der Waals surface area contributed by atoms with Gasteiger partial charge in [-0.2, -0.15) is 5.10 Å². The molecule has 0 bridgehead atoms. The minimum atomic E-state index is -0.279. The molecule has 4 aromatic rings. The van der Waals surface area contributed by atoms with Crippen LogP contribution in [-0.2, 0) is 13.2 Å². The summed E-state index contributed by atoms with van der Waals surface area (Å²) in [6.07, 6.45) is 3.31. The number of rotatable bonds is 7. The van der Waals surface area contributed by atoms with E-state index in [-0.39, 0.29) is 11.7 Å². The third-order valence-electron chi connectivity index (χ3n) is 4.57. The molecule has 156 valence electrons. The molecule has 0 atom stereocenters. The average molecular weight is 436 g/mol. The highest BCUT2D eigenvalue weighted by Crippen LogP contribution is 2.19. The number of aromatic nitrogens is 2. The highest BCUT2D eigenvalue weighted by atomic mass is 35.5. The number of amides is 1. The predicted molar refractivity (Wildman–Crippen MR) is 118 cm³/mol. The number of benzene rings is 3. The Morgan fingerprint density at radius 2 is 1.77 bits per heavy atom. The molecular weight excluding hydrogens is 417 g/mol. The lowest BCUT2D eigenvalue weighted by molar-refractivity contribution is 0.102. The van der Waals surface area contributed by atoms with Gasteiger partial charge in [0.05, 0.1) is 18.4 Å². The van der Waals surface area contributed by atoms with Crippen molar-refractivity contribution in [3.8, 4) is 5.75 Å². The fourth-order valence-electron chi connectivity index (χ4n) is 2.97. The number of anilines is 1. The lowest BCUT2D eigenvalue weighted by Gasteiger charge is -2.08. The Balaban J connectivity index is 1.32. The maximum absolute atomic E-state index is 13.0. The molecule has 7 heteroatoms. The molecule has 0 radical (unpaired) electrons. The molecular formula is C24H19ClFN3O2. The number of hydrogen-bond donors (Lipinski definition) is 1. The minimum Gasteiger partial charge on any atom is -0.489 e. The topological polar surface area (TPSA) is 56.2 Å². The van der Waals surface area contributed by atoms with Crippen molar-refractivity contribution >= 4 is 23.2 Å². The van der Waals surface area contributed by atoms with E-state index in [0.717, 1.165) is 11.1 Å². The second kappa shape index (κ2) is 9.45. The molecule has 0 aliphatic heterocycles. The van der Waals surface area contributed by atoms with Crippen LogP contribution in [0, 0.1) is 5.82 Å². The smallest absolute Gasteiger partial charge is 0.255 e. The Morgan fingerprint density at radius 1 is 1.03 bits per heavy atom. The molecule has 0 saturated heterocycles. The zero-order valence-electron chi connectivity index (χ0n) is 16.5. The molecule has 31 heavy (non-hydrogen) atoms. The van der Waals surface area contributed by atoms with E-state index in [1.807, 2.05) is 24.3 Å². The van der Waals surface area contributed by atoms with Gasteiger partial charge in [0.1, 0.15) is 18.2 Å².